The van der Waals surface area contributed by atoms with E-state index < -0.39 is 0 Å². The van der Waals surface area contributed by atoms with Gasteiger partial charge in [-0.1, -0.05) is 73.6 Å². The molecule has 108 valence electrons. The first-order valence-electron chi connectivity index (χ1n) is 6.94. The third-order valence-electron chi connectivity index (χ3n) is 1.98. The molecule has 18 heavy (non-hydrogen) atoms. The Morgan fingerprint density at radius 3 is 1.72 bits per heavy atom. The maximum atomic E-state index is 9.78. The Balaban J connectivity index is -0.000000389. The Labute approximate surface area is 115 Å². The van der Waals surface area contributed by atoms with Crippen molar-refractivity contribution >= 4 is 0 Å². The number of hydrogen-bond acceptors (Lipinski definition) is 1. The van der Waals surface area contributed by atoms with Gasteiger partial charge >= 0.3 is 0 Å². The highest BCUT2D eigenvalue weighted by molar-refractivity contribution is 5.35. The van der Waals surface area contributed by atoms with Crippen LogP contribution in [0.3, 0.4) is 0 Å². The minimum Gasteiger partial charge on any atom is -0.507 e. The summed E-state index contributed by atoms with van der Waals surface area (Å²) in [6, 6.07) is 0. The molecule has 0 fully saturated rings. The van der Waals surface area contributed by atoms with Crippen molar-refractivity contribution in [2.45, 2.75) is 68.7 Å². The maximum absolute atomic E-state index is 9.78. The third kappa shape index (κ3) is 11.5. The molecule has 0 heterocycles. The van der Waals surface area contributed by atoms with E-state index in [9.17, 15) is 5.11 Å². The predicted octanol–water partition coefficient (Wildman–Crippen LogP) is 6.44. The van der Waals surface area contributed by atoms with Crippen LogP contribution in [0, 0.1) is 5.41 Å². The second-order valence-electron chi connectivity index (χ2n) is 4.97. The Morgan fingerprint density at radius 2 is 1.50 bits per heavy atom. The molecule has 0 radical (unpaired) electrons. The fourth-order valence-corrected chi connectivity index (χ4v) is 0.922. The van der Waals surface area contributed by atoms with Gasteiger partial charge in [-0.2, -0.15) is 0 Å². The zero-order chi connectivity index (χ0) is 15.4. The van der Waals surface area contributed by atoms with E-state index in [1.165, 1.54) is 6.42 Å². The zero-order valence-corrected chi connectivity index (χ0v) is 14.0. The maximum Gasteiger partial charge on any atom is 0.121 e. The van der Waals surface area contributed by atoms with Crippen LogP contribution in [0.4, 0.5) is 0 Å². The molecule has 1 N–H and O–H groups in total. The van der Waals surface area contributed by atoms with Gasteiger partial charge in [0, 0.05) is 0 Å². The Bertz CT molecular complexity index is 262. The van der Waals surface area contributed by atoms with Crippen LogP contribution in [0.1, 0.15) is 68.7 Å². The van der Waals surface area contributed by atoms with E-state index in [4.69, 9.17) is 0 Å². The average molecular weight is 254 g/mol. The van der Waals surface area contributed by atoms with E-state index in [0.29, 0.717) is 5.76 Å². The smallest absolute Gasteiger partial charge is 0.121 e. The first-order valence-corrected chi connectivity index (χ1v) is 6.94. The third-order valence-corrected chi connectivity index (χ3v) is 1.98. The fraction of sp³-hybridized carbons (Fsp3) is 0.647. The highest BCUT2D eigenvalue weighted by Crippen LogP contribution is 2.29. The van der Waals surface area contributed by atoms with Gasteiger partial charge < -0.3 is 5.11 Å². The number of rotatable bonds is 2. The molecule has 0 rings (SSSR count). The molecule has 0 spiro atoms. The Kier molecular flexibility index (Phi) is 15.4. The summed E-state index contributed by atoms with van der Waals surface area (Å²) in [4.78, 5) is 0. The summed E-state index contributed by atoms with van der Waals surface area (Å²) in [6.45, 7) is 22.1. The number of hydrogen-bond donors (Lipinski definition) is 1. The van der Waals surface area contributed by atoms with E-state index in [-0.39, 0.29) is 5.41 Å². The Morgan fingerprint density at radius 1 is 1.17 bits per heavy atom. The molecular formula is C17H34O. The van der Waals surface area contributed by atoms with Crippen LogP contribution < -0.4 is 0 Å². The lowest BCUT2D eigenvalue weighted by Crippen LogP contribution is -2.11. The monoisotopic (exact) mass is 254 g/mol. The van der Waals surface area contributed by atoms with Crippen molar-refractivity contribution in [3.63, 3.8) is 0 Å². The van der Waals surface area contributed by atoms with Crippen molar-refractivity contribution in [3.8, 4) is 0 Å². The van der Waals surface area contributed by atoms with Crippen LogP contribution in [-0.2, 0) is 0 Å². The molecular weight excluding hydrogens is 220 g/mol. The van der Waals surface area contributed by atoms with Gasteiger partial charge in [0.05, 0.1) is 0 Å². The van der Waals surface area contributed by atoms with Crippen LogP contribution in [0.5, 0.6) is 0 Å². The Hall–Kier alpha value is -0.980. The van der Waals surface area contributed by atoms with E-state index >= 15 is 0 Å². The standard InChI is InChI=1S/C12H20O.C3H8.C2H6/c1-7-8-9(2)11(13)10(3)12(4,5)6;1-3-2;1-2/h7-8,13H,3H2,1-2,4-6H3;3H2,1-2H3;1-2H3/b8-7-,11-9+;;. The lowest BCUT2D eigenvalue weighted by molar-refractivity contribution is 0.376. The molecule has 0 aromatic heterocycles. The summed E-state index contributed by atoms with van der Waals surface area (Å²) in [7, 11) is 0. The van der Waals surface area contributed by atoms with E-state index in [0.717, 1.165) is 11.1 Å². The van der Waals surface area contributed by atoms with Crippen LogP contribution >= 0.6 is 0 Å². The summed E-state index contributed by atoms with van der Waals surface area (Å²) in [5.41, 5.74) is 1.57. The molecule has 0 aromatic carbocycles. The van der Waals surface area contributed by atoms with Gasteiger partial charge in [0.25, 0.3) is 0 Å². The minimum absolute atomic E-state index is 0.0765. The molecule has 0 saturated carbocycles. The first kappa shape index (κ1) is 22.2. The van der Waals surface area contributed by atoms with Crippen molar-refractivity contribution < 1.29 is 5.11 Å². The largest absolute Gasteiger partial charge is 0.507 e. The molecule has 0 saturated heterocycles. The molecule has 0 bridgehead atoms. The SMILES string of the molecule is C=C(/C(O)=C(C)\C=C/C)C(C)(C)C.CC.CCC. The first-order chi connectivity index (χ1) is 8.22. The molecule has 0 unspecified atom stereocenters. The quantitative estimate of drug-likeness (QED) is 0.444. The predicted molar refractivity (Wildman–Crippen MR) is 86.1 cm³/mol. The van der Waals surface area contributed by atoms with Gasteiger partial charge in [-0.3, -0.25) is 0 Å². The van der Waals surface area contributed by atoms with Gasteiger partial charge in [-0.25, -0.2) is 0 Å². The number of aliphatic hydroxyl groups is 1. The zero-order valence-electron chi connectivity index (χ0n) is 14.0. The fourth-order valence-electron chi connectivity index (χ4n) is 0.922. The molecule has 0 aliphatic rings. The highest BCUT2D eigenvalue weighted by atomic mass is 16.3. The lowest BCUT2D eigenvalue weighted by atomic mass is 9.85. The van der Waals surface area contributed by atoms with Crippen LogP contribution in [0.15, 0.2) is 35.6 Å². The van der Waals surface area contributed by atoms with Gasteiger partial charge in [0.15, 0.2) is 0 Å². The normalized spacial score (nSPS) is 11.8. The van der Waals surface area contributed by atoms with Crippen molar-refractivity contribution in [2.75, 3.05) is 0 Å². The van der Waals surface area contributed by atoms with Gasteiger partial charge in [-0.15, -0.1) is 0 Å². The van der Waals surface area contributed by atoms with Crippen molar-refractivity contribution in [1.82, 2.24) is 0 Å². The molecule has 0 aliphatic heterocycles. The second kappa shape index (κ2) is 12.5. The van der Waals surface area contributed by atoms with E-state index in [1.54, 1.807) is 0 Å². The van der Waals surface area contributed by atoms with E-state index in [1.807, 2.05) is 60.6 Å². The highest BCUT2D eigenvalue weighted by Gasteiger charge is 2.18. The number of aliphatic hydroxyl groups excluding tert-OH is 1. The van der Waals surface area contributed by atoms with Crippen molar-refractivity contribution in [2.24, 2.45) is 5.41 Å². The summed E-state index contributed by atoms with van der Waals surface area (Å²) in [5.74, 6) is 0.311. The summed E-state index contributed by atoms with van der Waals surface area (Å²) in [5, 5.41) is 9.78. The van der Waals surface area contributed by atoms with Crippen molar-refractivity contribution in [3.05, 3.63) is 35.6 Å². The lowest BCUT2D eigenvalue weighted by Gasteiger charge is -2.21. The van der Waals surface area contributed by atoms with E-state index in [2.05, 4.69) is 20.4 Å². The number of allylic oxidation sites excluding steroid dienone is 4. The average Bonchev–Trinajstić information content (AvgIpc) is 2.30. The van der Waals surface area contributed by atoms with Gasteiger partial charge in [0.2, 0.25) is 0 Å². The molecule has 0 aliphatic carbocycles. The van der Waals surface area contributed by atoms with Gasteiger partial charge in [-0.05, 0) is 30.4 Å². The topological polar surface area (TPSA) is 20.2 Å². The minimum atomic E-state index is -0.0765. The molecule has 0 aromatic rings. The van der Waals surface area contributed by atoms with Gasteiger partial charge in [0.1, 0.15) is 5.76 Å². The van der Waals surface area contributed by atoms with Crippen molar-refractivity contribution in [1.29, 1.82) is 0 Å². The molecule has 0 amide bonds. The van der Waals surface area contributed by atoms with Crippen LogP contribution in [-0.4, -0.2) is 5.11 Å². The van der Waals surface area contributed by atoms with Crippen LogP contribution in [0.25, 0.3) is 0 Å². The van der Waals surface area contributed by atoms with Crippen LogP contribution in [0.2, 0.25) is 0 Å². The molecule has 1 heteroatoms. The second-order valence-corrected chi connectivity index (χ2v) is 4.97. The summed E-state index contributed by atoms with van der Waals surface area (Å²) >= 11 is 0. The summed E-state index contributed by atoms with van der Waals surface area (Å²) in [6.07, 6.45) is 5.04. The molecule has 1 nitrogen and oxygen atoms in total. The summed E-state index contributed by atoms with van der Waals surface area (Å²) < 4.78 is 0. The molecule has 0 atom stereocenters.